The predicted molar refractivity (Wildman–Crippen MR) is 137 cm³/mol. The number of nitrogens with one attached hydrogen (secondary N) is 2. The number of fused-ring (bicyclic) bond motifs is 2. The van der Waals surface area contributed by atoms with Crippen molar-refractivity contribution in [1.29, 1.82) is 0 Å². The molecule has 1 aromatic carbocycles. The van der Waals surface area contributed by atoms with Crippen molar-refractivity contribution in [1.82, 2.24) is 19.9 Å². The quantitative estimate of drug-likeness (QED) is 0.444. The first-order chi connectivity index (χ1) is 18.1. The second kappa shape index (κ2) is 8.63. The smallest absolute Gasteiger partial charge is 0.254 e. The molecule has 2 N–H and O–H groups in total. The highest BCUT2D eigenvalue weighted by atomic mass is 16.5. The van der Waals surface area contributed by atoms with Gasteiger partial charge in [-0.15, -0.1) is 0 Å². The second-order valence-electron chi connectivity index (χ2n) is 9.64. The predicted octanol–water partition coefficient (Wildman–Crippen LogP) is 2.24. The van der Waals surface area contributed by atoms with E-state index in [1.54, 1.807) is 18.6 Å². The molecule has 37 heavy (non-hydrogen) atoms. The van der Waals surface area contributed by atoms with Crippen LogP contribution >= 0.6 is 0 Å². The van der Waals surface area contributed by atoms with Gasteiger partial charge in [-0.25, -0.2) is 9.98 Å². The second-order valence-corrected chi connectivity index (χ2v) is 9.64. The summed E-state index contributed by atoms with van der Waals surface area (Å²) in [5.41, 5.74) is 6.31. The molecule has 9 nitrogen and oxygen atoms in total. The number of H-pyrrole nitrogens is 1. The SMILES string of the molecule is O=C(Nc1cncc(-c2cnc3c(c2)=C(c2cc4c(C(=O)N5CCOCC5)cccc4[nH]2)N=3)c1)C1CC1. The molecule has 0 bridgehead atoms. The molecule has 5 heterocycles. The summed E-state index contributed by atoms with van der Waals surface area (Å²) in [7, 11) is 0. The Morgan fingerprint density at radius 1 is 1.03 bits per heavy atom. The molecular weight excluding hydrogens is 468 g/mol. The molecule has 2 amide bonds. The fraction of sp³-hybridized carbons (Fsp3) is 0.250. The van der Waals surface area contributed by atoms with Crippen LogP contribution in [0.2, 0.25) is 0 Å². The van der Waals surface area contributed by atoms with E-state index in [-0.39, 0.29) is 17.7 Å². The molecule has 3 aromatic heterocycles. The number of ether oxygens (including phenoxy) is 1. The third-order valence-corrected chi connectivity index (χ3v) is 7.07. The van der Waals surface area contributed by atoms with Gasteiger partial charge in [-0.2, -0.15) is 0 Å². The van der Waals surface area contributed by atoms with E-state index < -0.39 is 0 Å². The minimum Gasteiger partial charge on any atom is -0.378 e. The zero-order valence-electron chi connectivity index (χ0n) is 20.0. The maximum atomic E-state index is 13.2. The van der Waals surface area contributed by atoms with Crippen molar-refractivity contribution in [3.63, 3.8) is 0 Å². The number of aromatic nitrogens is 3. The van der Waals surface area contributed by atoms with Crippen molar-refractivity contribution >= 4 is 34.1 Å². The molecule has 2 aliphatic heterocycles. The summed E-state index contributed by atoms with van der Waals surface area (Å²) in [5, 5.41) is 4.75. The van der Waals surface area contributed by atoms with E-state index in [9.17, 15) is 9.59 Å². The number of amides is 2. The van der Waals surface area contributed by atoms with Crippen LogP contribution in [0.4, 0.5) is 5.69 Å². The maximum Gasteiger partial charge on any atom is 0.254 e. The van der Waals surface area contributed by atoms with Crippen LogP contribution in [0.3, 0.4) is 0 Å². The number of rotatable bonds is 5. The van der Waals surface area contributed by atoms with E-state index >= 15 is 0 Å². The fourth-order valence-electron chi connectivity index (χ4n) is 4.86. The van der Waals surface area contributed by atoms with Crippen LogP contribution in [-0.2, 0) is 9.53 Å². The molecular formula is C28H24N6O3. The van der Waals surface area contributed by atoms with E-state index in [0.29, 0.717) is 43.0 Å². The van der Waals surface area contributed by atoms with Crippen LogP contribution in [0.25, 0.3) is 27.7 Å². The average molecular weight is 493 g/mol. The average Bonchev–Trinajstić information content (AvgIpc) is 3.69. The number of carbonyl (C=O) groups excluding carboxylic acids is 2. The largest absolute Gasteiger partial charge is 0.378 e. The number of hydrogen-bond acceptors (Lipinski definition) is 6. The van der Waals surface area contributed by atoms with Gasteiger partial charge in [0.1, 0.15) is 5.70 Å². The molecule has 184 valence electrons. The minimum atomic E-state index is 0.0144. The van der Waals surface area contributed by atoms with E-state index in [0.717, 1.165) is 51.5 Å². The molecule has 0 unspecified atom stereocenters. The molecule has 2 fully saturated rings. The number of benzene rings is 1. The molecule has 0 spiro atoms. The Hall–Kier alpha value is -4.37. The van der Waals surface area contributed by atoms with Gasteiger partial charge in [-0.1, -0.05) is 6.07 Å². The van der Waals surface area contributed by atoms with Crippen LogP contribution in [0.15, 0.2) is 60.0 Å². The van der Waals surface area contributed by atoms with Gasteiger partial charge in [0.05, 0.1) is 30.8 Å². The fourth-order valence-corrected chi connectivity index (χ4v) is 4.86. The molecule has 0 radical (unpaired) electrons. The number of pyridine rings is 2. The van der Waals surface area contributed by atoms with Crippen LogP contribution in [-0.4, -0.2) is 58.0 Å². The van der Waals surface area contributed by atoms with Gasteiger partial charge in [0.25, 0.3) is 5.91 Å². The summed E-state index contributed by atoms with van der Waals surface area (Å²) in [6, 6.07) is 11.7. The summed E-state index contributed by atoms with van der Waals surface area (Å²) in [6.07, 6.45) is 7.09. The Balaban J connectivity index is 1.22. The summed E-state index contributed by atoms with van der Waals surface area (Å²) in [6.45, 7) is 2.32. The first-order valence-electron chi connectivity index (χ1n) is 12.5. The van der Waals surface area contributed by atoms with Gasteiger partial charge >= 0.3 is 0 Å². The molecule has 1 saturated heterocycles. The van der Waals surface area contributed by atoms with Crippen molar-refractivity contribution in [3.05, 3.63) is 77.0 Å². The molecule has 3 aliphatic rings. The molecule has 4 aromatic rings. The topological polar surface area (TPSA) is 113 Å². The van der Waals surface area contributed by atoms with Crippen molar-refractivity contribution in [2.75, 3.05) is 31.6 Å². The summed E-state index contributed by atoms with van der Waals surface area (Å²) >= 11 is 0. The number of hydrogen-bond donors (Lipinski definition) is 2. The Morgan fingerprint density at radius 3 is 2.70 bits per heavy atom. The Bertz CT molecular complexity index is 1700. The first-order valence-corrected chi connectivity index (χ1v) is 12.5. The van der Waals surface area contributed by atoms with E-state index in [4.69, 9.17) is 4.74 Å². The normalized spacial score (nSPS) is 16.6. The van der Waals surface area contributed by atoms with E-state index in [1.807, 2.05) is 41.3 Å². The van der Waals surface area contributed by atoms with Crippen molar-refractivity contribution in [2.45, 2.75) is 12.8 Å². The lowest BCUT2D eigenvalue weighted by Gasteiger charge is -2.27. The number of nitrogens with zero attached hydrogens (tertiary/aromatic N) is 4. The zero-order valence-corrected chi connectivity index (χ0v) is 20.0. The van der Waals surface area contributed by atoms with Gasteiger partial charge in [-0.3, -0.25) is 14.6 Å². The van der Waals surface area contributed by atoms with Gasteiger partial charge < -0.3 is 19.9 Å². The van der Waals surface area contributed by atoms with Crippen LogP contribution < -0.4 is 16.0 Å². The summed E-state index contributed by atoms with van der Waals surface area (Å²) in [5.74, 6) is 0.191. The molecule has 1 aliphatic carbocycles. The highest BCUT2D eigenvalue weighted by molar-refractivity contribution is 6.07. The molecule has 0 atom stereocenters. The van der Waals surface area contributed by atoms with Crippen LogP contribution in [0.5, 0.6) is 0 Å². The lowest BCUT2D eigenvalue weighted by atomic mass is 10.1. The molecule has 7 rings (SSSR count). The lowest BCUT2D eigenvalue weighted by Crippen LogP contribution is -2.40. The third-order valence-electron chi connectivity index (χ3n) is 7.07. The molecule has 1 saturated carbocycles. The van der Waals surface area contributed by atoms with Crippen LogP contribution in [0.1, 0.15) is 28.9 Å². The summed E-state index contributed by atoms with van der Waals surface area (Å²) in [4.78, 5) is 44.1. The van der Waals surface area contributed by atoms with Gasteiger partial charge in [0.2, 0.25) is 5.91 Å². The Kier molecular flexibility index (Phi) is 5.10. The van der Waals surface area contributed by atoms with Crippen LogP contribution in [0, 0.1) is 5.92 Å². The van der Waals surface area contributed by atoms with Gasteiger partial charge in [0, 0.05) is 64.2 Å². The monoisotopic (exact) mass is 492 g/mol. The van der Waals surface area contributed by atoms with E-state index in [1.165, 1.54) is 0 Å². The van der Waals surface area contributed by atoms with E-state index in [2.05, 4.69) is 25.3 Å². The number of anilines is 1. The van der Waals surface area contributed by atoms with Crippen molar-refractivity contribution in [2.24, 2.45) is 10.9 Å². The number of morpholine rings is 1. The zero-order chi connectivity index (χ0) is 24.9. The first kappa shape index (κ1) is 21.9. The number of carbonyl (C=O) groups is 2. The van der Waals surface area contributed by atoms with Gasteiger partial charge in [-0.05, 0) is 43.2 Å². The standard InChI is InChI=1S/C28H24N6O3/c35-27(16-4-5-16)31-19-10-17(13-29-15-19)18-11-22-25(33-26(22)30-14-18)24-12-21-20(2-1-3-23(21)32-24)28(36)34-6-8-37-9-7-34/h1-3,10-16,32H,4-9H2,(H,31,35). The Labute approximate surface area is 211 Å². The maximum absolute atomic E-state index is 13.2. The highest BCUT2D eigenvalue weighted by Gasteiger charge is 2.29. The summed E-state index contributed by atoms with van der Waals surface area (Å²) < 4.78 is 5.40. The van der Waals surface area contributed by atoms with Crippen molar-refractivity contribution in [3.8, 4) is 11.1 Å². The lowest BCUT2D eigenvalue weighted by molar-refractivity contribution is -0.117. The molecule has 9 heteroatoms. The Morgan fingerprint density at radius 2 is 1.86 bits per heavy atom. The van der Waals surface area contributed by atoms with Crippen molar-refractivity contribution < 1.29 is 14.3 Å². The third kappa shape index (κ3) is 3.97. The highest BCUT2D eigenvalue weighted by Crippen LogP contribution is 2.31. The number of aromatic amines is 1. The van der Waals surface area contributed by atoms with Gasteiger partial charge in [0.15, 0.2) is 5.49 Å². The minimum absolute atomic E-state index is 0.0144.